The topological polar surface area (TPSA) is 95.6 Å². The number of rotatable bonds is 5. The van der Waals surface area contributed by atoms with Gasteiger partial charge in [-0.25, -0.2) is 22.3 Å². The second kappa shape index (κ2) is 8.37. The number of benzene rings is 1. The zero-order chi connectivity index (χ0) is 17.6. The van der Waals surface area contributed by atoms with E-state index in [1.54, 1.807) is 0 Å². The number of sulfonamides is 1. The minimum Gasteiger partial charge on any atom is -0.306 e. The van der Waals surface area contributed by atoms with Crippen molar-refractivity contribution in [2.45, 2.75) is 19.8 Å². The molecule has 2 N–H and O–H groups in total. The average molecular weight is 382 g/mol. The highest BCUT2D eigenvalue weighted by atomic mass is 35.5. The first-order chi connectivity index (χ1) is 10.6. The number of anilines is 1. The van der Waals surface area contributed by atoms with Crippen LogP contribution in [-0.4, -0.2) is 37.6 Å². The highest BCUT2D eigenvalue weighted by Gasteiger charge is 2.24. The van der Waals surface area contributed by atoms with Crippen molar-refractivity contribution in [1.82, 2.24) is 9.62 Å². The molecule has 128 valence electrons. The summed E-state index contributed by atoms with van der Waals surface area (Å²) in [6.45, 7) is 1.85. The molecule has 4 amide bonds. The summed E-state index contributed by atoms with van der Waals surface area (Å²) in [5.74, 6) is 0. The zero-order valence-electron chi connectivity index (χ0n) is 12.6. The van der Waals surface area contributed by atoms with Crippen LogP contribution < -0.4 is 10.6 Å². The summed E-state index contributed by atoms with van der Waals surface area (Å²) in [7, 11) is -3.77. The predicted octanol–water partition coefficient (Wildman–Crippen LogP) is 3.30. The molecule has 0 unspecified atom stereocenters. The van der Waals surface area contributed by atoms with Gasteiger partial charge >= 0.3 is 12.1 Å². The molecule has 0 saturated carbocycles. The summed E-state index contributed by atoms with van der Waals surface area (Å²) >= 11 is 11.6. The van der Waals surface area contributed by atoms with E-state index in [9.17, 15) is 18.0 Å². The quantitative estimate of drug-likeness (QED) is 0.817. The summed E-state index contributed by atoms with van der Waals surface area (Å²) < 4.78 is 23.8. The second-order valence-corrected chi connectivity index (χ2v) is 7.45. The van der Waals surface area contributed by atoms with Crippen LogP contribution >= 0.6 is 23.2 Å². The third-order valence-corrected chi connectivity index (χ3v) is 4.44. The fraction of sp³-hybridized carbons (Fsp3) is 0.385. The van der Waals surface area contributed by atoms with E-state index in [1.807, 2.05) is 12.2 Å². The van der Waals surface area contributed by atoms with E-state index in [2.05, 4.69) is 5.32 Å². The Kier molecular flexibility index (Phi) is 7.11. The summed E-state index contributed by atoms with van der Waals surface area (Å²) in [5, 5.41) is 4.87. The lowest BCUT2D eigenvalue weighted by Gasteiger charge is -2.20. The van der Waals surface area contributed by atoms with Crippen LogP contribution in [0, 0.1) is 0 Å². The van der Waals surface area contributed by atoms with Crippen LogP contribution in [-0.2, 0) is 10.0 Å². The number of hydrogen-bond donors (Lipinski definition) is 2. The molecule has 10 heteroatoms. The van der Waals surface area contributed by atoms with Crippen molar-refractivity contribution in [3.8, 4) is 0 Å². The maximum absolute atomic E-state index is 12.0. The molecule has 1 aromatic carbocycles. The summed E-state index contributed by atoms with van der Waals surface area (Å²) in [6, 6.07) is 2.47. The normalized spacial score (nSPS) is 11.0. The van der Waals surface area contributed by atoms with Gasteiger partial charge in [0.2, 0.25) is 10.0 Å². The number of nitrogens with one attached hydrogen (secondary N) is 2. The Bertz CT molecular complexity index is 694. The summed E-state index contributed by atoms with van der Waals surface area (Å²) in [6.07, 6.45) is 2.09. The van der Waals surface area contributed by atoms with Gasteiger partial charge in [-0.05, 0) is 24.6 Å². The third kappa shape index (κ3) is 6.25. The van der Waals surface area contributed by atoms with Crippen molar-refractivity contribution in [3.63, 3.8) is 0 Å². The molecular weight excluding hydrogens is 365 g/mol. The number of carbonyl (C=O) groups excluding carboxylic acids is 2. The number of carbonyl (C=O) groups is 2. The maximum atomic E-state index is 12.0. The van der Waals surface area contributed by atoms with Gasteiger partial charge in [-0.2, -0.15) is 0 Å². The Hall–Kier alpha value is -1.51. The summed E-state index contributed by atoms with van der Waals surface area (Å²) in [5.41, 5.74) is 0.237. The number of halogens is 2. The molecule has 0 heterocycles. The van der Waals surface area contributed by atoms with Gasteiger partial charge in [0.05, 0.1) is 17.0 Å². The molecule has 0 aromatic heterocycles. The van der Waals surface area contributed by atoms with E-state index in [0.29, 0.717) is 22.2 Å². The Labute approximate surface area is 145 Å². The van der Waals surface area contributed by atoms with Crippen molar-refractivity contribution in [1.29, 1.82) is 0 Å². The summed E-state index contributed by atoms with van der Waals surface area (Å²) in [4.78, 5) is 23.8. The van der Waals surface area contributed by atoms with E-state index < -0.39 is 22.1 Å². The smallest absolute Gasteiger partial charge is 0.306 e. The molecule has 0 aliphatic carbocycles. The Morgan fingerprint density at radius 1 is 1.26 bits per heavy atom. The molecule has 23 heavy (non-hydrogen) atoms. The fourth-order valence-corrected chi connectivity index (χ4v) is 2.89. The lowest BCUT2D eigenvalue weighted by atomic mass is 10.3. The van der Waals surface area contributed by atoms with Crippen molar-refractivity contribution >= 4 is 51.0 Å². The van der Waals surface area contributed by atoms with Crippen molar-refractivity contribution in [2.24, 2.45) is 0 Å². The molecule has 1 rings (SSSR count). The molecule has 0 bridgehead atoms. The van der Waals surface area contributed by atoms with Crippen molar-refractivity contribution in [3.05, 3.63) is 28.2 Å². The maximum Gasteiger partial charge on any atom is 0.339 e. The lowest BCUT2D eigenvalue weighted by Crippen LogP contribution is -2.47. The molecule has 0 radical (unpaired) electrons. The van der Waals surface area contributed by atoms with Gasteiger partial charge in [0.25, 0.3) is 0 Å². The number of imide groups is 1. The number of nitrogens with zero attached hydrogens (tertiary/aromatic N) is 1. The van der Waals surface area contributed by atoms with E-state index in [4.69, 9.17) is 23.2 Å². The Morgan fingerprint density at radius 2 is 1.91 bits per heavy atom. The SMILES string of the molecule is CCCCN(C(=O)NC(=O)Nc1ccc(Cl)cc1Cl)S(C)(=O)=O. The highest BCUT2D eigenvalue weighted by molar-refractivity contribution is 7.88. The molecule has 0 spiro atoms. The van der Waals surface area contributed by atoms with Crippen LogP contribution in [0.15, 0.2) is 18.2 Å². The van der Waals surface area contributed by atoms with Crippen molar-refractivity contribution in [2.75, 3.05) is 18.1 Å². The van der Waals surface area contributed by atoms with E-state index in [-0.39, 0.29) is 17.3 Å². The minimum atomic E-state index is -3.77. The Morgan fingerprint density at radius 3 is 2.43 bits per heavy atom. The third-order valence-electron chi connectivity index (χ3n) is 2.74. The van der Waals surface area contributed by atoms with Crippen LogP contribution in [0.3, 0.4) is 0 Å². The largest absolute Gasteiger partial charge is 0.339 e. The monoisotopic (exact) mass is 381 g/mol. The van der Waals surface area contributed by atoms with Crippen LogP contribution in [0.2, 0.25) is 10.0 Å². The zero-order valence-corrected chi connectivity index (χ0v) is 14.9. The van der Waals surface area contributed by atoms with Crippen molar-refractivity contribution < 1.29 is 18.0 Å². The number of amides is 4. The molecule has 0 aliphatic heterocycles. The molecule has 0 fully saturated rings. The van der Waals surface area contributed by atoms with Crippen LogP contribution in [0.5, 0.6) is 0 Å². The first-order valence-electron chi connectivity index (χ1n) is 6.70. The number of unbranched alkanes of at least 4 members (excludes halogenated alkanes) is 1. The molecule has 0 saturated heterocycles. The van der Waals surface area contributed by atoms with E-state index in [0.717, 1.165) is 6.26 Å². The molecule has 0 atom stereocenters. The van der Waals surface area contributed by atoms with E-state index in [1.165, 1.54) is 18.2 Å². The van der Waals surface area contributed by atoms with Gasteiger partial charge in [0, 0.05) is 11.6 Å². The minimum absolute atomic E-state index is 0.00382. The van der Waals surface area contributed by atoms with Gasteiger partial charge in [-0.3, -0.25) is 5.32 Å². The first kappa shape index (κ1) is 19.5. The fourth-order valence-electron chi connectivity index (χ4n) is 1.62. The van der Waals surface area contributed by atoms with E-state index >= 15 is 0 Å². The van der Waals surface area contributed by atoms with Gasteiger partial charge in [0.1, 0.15) is 0 Å². The van der Waals surface area contributed by atoms with Crippen LogP contribution in [0.25, 0.3) is 0 Å². The molecule has 7 nitrogen and oxygen atoms in total. The lowest BCUT2D eigenvalue weighted by molar-refractivity contribution is 0.219. The average Bonchev–Trinajstić information content (AvgIpc) is 2.40. The van der Waals surface area contributed by atoms with Gasteiger partial charge in [0.15, 0.2) is 0 Å². The van der Waals surface area contributed by atoms with Crippen LogP contribution in [0.4, 0.5) is 15.3 Å². The number of hydrogen-bond acceptors (Lipinski definition) is 4. The highest BCUT2D eigenvalue weighted by Crippen LogP contribution is 2.25. The van der Waals surface area contributed by atoms with Crippen LogP contribution in [0.1, 0.15) is 19.8 Å². The first-order valence-corrected chi connectivity index (χ1v) is 9.30. The van der Waals surface area contributed by atoms with Gasteiger partial charge in [-0.15, -0.1) is 0 Å². The Balaban J connectivity index is 2.76. The molecule has 0 aliphatic rings. The van der Waals surface area contributed by atoms with Gasteiger partial charge < -0.3 is 5.32 Å². The van der Waals surface area contributed by atoms with Gasteiger partial charge in [-0.1, -0.05) is 36.5 Å². The predicted molar refractivity (Wildman–Crippen MR) is 90.5 cm³/mol. The second-order valence-electron chi connectivity index (χ2n) is 4.70. The molecular formula is C13H17Cl2N3O4S. The molecule has 1 aromatic rings. The standard InChI is InChI=1S/C13H17Cl2N3O4S/c1-3-4-7-18(23(2,21)22)13(20)17-12(19)16-11-6-5-9(14)8-10(11)15/h5-6,8H,3-4,7H2,1-2H3,(H2,16,17,19,20). The number of urea groups is 2.